The van der Waals surface area contributed by atoms with Crippen LogP contribution < -0.4 is 0 Å². The van der Waals surface area contributed by atoms with Crippen LogP contribution >= 0.6 is 0 Å². The van der Waals surface area contributed by atoms with Gasteiger partial charge in [0.15, 0.2) is 12.4 Å². The van der Waals surface area contributed by atoms with Crippen LogP contribution in [0.1, 0.15) is 106 Å². The van der Waals surface area contributed by atoms with Crippen molar-refractivity contribution < 1.29 is 46.7 Å². The van der Waals surface area contributed by atoms with E-state index < -0.39 is 46.4 Å². The van der Waals surface area contributed by atoms with Gasteiger partial charge in [-0.3, -0.25) is 9.35 Å². The van der Waals surface area contributed by atoms with Crippen molar-refractivity contribution in [3.63, 3.8) is 0 Å². The Hall–Kier alpha value is -1.34. The molecular weight excluding hydrogens is 612 g/mol. The molecule has 0 aromatic rings. The zero-order chi connectivity index (χ0) is 33.8. The van der Waals surface area contributed by atoms with Crippen LogP contribution in [0.5, 0.6) is 0 Å². The van der Waals surface area contributed by atoms with E-state index in [1.54, 1.807) is 0 Å². The first-order valence-corrected chi connectivity index (χ1v) is 18.5. The Bertz CT molecular complexity index is 1440. The van der Waals surface area contributed by atoms with E-state index in [0.29, 0.717) is 25.2 Å². The van der Waals surface area contributed by atoms with E-state index in [0.717, 1.165) is 38.5 Å². The van der Waals surface area contributed by atoms with Gasteiger partial charge in [-0.1, -0.05) is 57.4 Å². The molecule has 5 aliphatic carbocycles. The lowest BCUT2D eigenvalue weighted by atomic mass is 9.34. The summed E-state index contributed by atoms with van der Waals surface area (Å²) in [7, 11) is -4.94. The summed E-state index contributed by atoms with van der Waals surface area (Å²) in [5.41, 5.74) is 2.73. The normalized spacial score (nSPS) is 48.8. The van der Waals surface area contributed by atoms with Gasteiger partial charge in [0, 0.05) is 5.92 Å². The van der Waals surface area contributed by atoms with Crippen LogP contribution in [0.3, 0.4) is 0 Å². The summed E-state index contributed by atoms with van der Waals surface area (Å²) in [6.45, 7) is 15.8. The van der Waals surface area contributed by atoms with E-state index in [1.165, 1.54) is 16.7 Å². The molecule has 0 bridgehead atoms. The van der Waals surface area contributed by atoms with Crippen LogP contribution in [0.4, 0.5) is 0 Å². The van der Waals surface area contributed by atoms with Gasteiger partial charge in [0.1, 0.15) is 12.2 Å². The molecule has 12 atom stereocenters. The maximum atomic E-state index is 13.0. The molecule has 3 saturated carbocycles. The summed E-state index contributed by atoms with van der Waals surface area (Å²) >= 11 is 0. The second-order valence-electron chi connectivity index (χ2n) is 16.9. The highest BCUT2D eigenvalue weighted by Crippen LogP contribution is 2.75. The lowest BCUT2D eigenvalue weighted by Gasteiger charge is -2.71. The predicted molar refractivity (Wildman–Crippen MR) is 170 cm³/mol. The van der Waals surface area contributed by atoms with Gasteiger partial charge in [0.2, 0.25) is 0 Å². The van der Waals surface area contributed by atoms with Crippen LogP contribution in [0.15, 0.2) is 22.8 Å². The Morgan fingerprint density at radius 3 is 2.33 bits per heavy atom. The van der Waals surface area contributed by atoms with Gasteiger partial charge in [-0.2, -0.15) is 8.42 Å². The molecule has 0 amide bonds. The molecule has 4 fully saturated rings. The third-order valence-corrected chi connectivity index (χ3v) is 15.3. The van der Waals surface area contributed by atoms with E-state index in [1.807, 2.05) is 0 Å². The Kier molecular flexibility index (Phi) is 8.32. The van der Waals surface area contributed by atoms with Crippen molar-refractivity contribution in [2.75, 3.05) is 6.61 Å². The monoisotopic (exact) mass is 666 g/mol. The Morgan fingerprint density at radius 1 is 0.978 bits per heavy atom. The van der Waals surface area contributed by atoms with Gasteiger partial charge in [-0.25, -0.2) is 4.18 Å². The van der Waals surface area contributed by atoms with Crippen molar-refractivity contribution in [2.45, 2.75) is 137 Å². The Labute approximate surface area is 273 Å². The number of rotatable bonds is 5. The standard InChI is InChI=1S/C35H54O10S/c1-19-10-15-35(30(38)39)17-16-33(6)21(26(35)20(19)2)8-9-24-32(5)13-12-25(31(3,4)23(32)11-14-34(24,33)7)44-29-28(45-46(40,41)42)27(37)22(36)18-43-29/h8,22-29,36-37H,9-18H2,1-7H3,(H,38,39)(H,40,41,42). The summed E-state index contributed by atoms with van der Waals surface area (Å²) in [4.78, 5) is 13.0. The first-order chi connectivity index (χ1) is 21.2. The van der Waals surface area contributed by atoms with E-state index >= 15 is 0 Å². The molecule has 46 heavy (non-hydrogen) atoms. The minimum Gasteiger partial charge on any atom is -0.481 e. The maximum Gasteiger partial charge on any atom is 0.397 e. The fourth-order valence-corrected chi connectivity index (χ4v) is 12.4. The Balaban J connectivity index is 1.31. The van der Waals surface area contributed by atoms with Crippen molar-refractivity contribution in [1.82, 2.24) is 0 Å². The minimum atomic E-state index is -4.94. The smallest absolute Gasteiger partial charge is 0.397 e. The van der Waals surface area contributed by atoms with E-state index in [-0.39, 0.29) is 46.2 Å². The third-order valence-electron chi connectivity index (χ3n) is 14.8. The van der Waals surface area contributed by atoms with Crippen molar-refractivity contribution in [2.24, 2.45) is 44.8 Å². The molecule has 0 radical (unpaired) electrons. The Morgan fingerprint density at radius 2 is 1.67 bits per heavy atom. The molecule has 1 aliphatic heterocycles. The number of ether oxygens (including phenoxy) is 2. The van der Waals surface area contributed by atoms with Gasteiger partial charge in [0.25, 0.3) is 0 Å². The highest BCUT2D eigenvalue weighted by molar-refractivity contribution is 7.80. The second-order valence-corrected chi connectivity index (χ2v) is 17.9. The van der Waals surface area contributed by atoms with Crippen LogP contribution in [0.2, 0.25) is 0 Å². The third kappa shape index (κ3) is 4.84. The number of fused-ring (bicyclic) bond motifs is 7. The number of aliphatic carboxylic acids is 1. The molecule has 0 aromatic heterocycles. The highest BCUT2D eigenvalue weighted by Gasteiger charge is 2.69. The molecule has 6 rings (SSSR count). The van der Waals surface area contributed by atoms with E-state index in [4.69, 9.17) is 13.7 Å². The number of hydrogen-bond acceptors (Lipinski definition) is 8. The first-order valence-electron chi connectivity index (χ1n) is 17.1. The average molecular weight is 667 g/mol. The van der Waals surface area contributed by atoms with Crippen LogP contribution in [0, 0.1) is 44.8 Å². The summed E-state index contributed by atoms with van der Waals surface area (Å²) < 4.78 is 49.4. The zero-order valence-corrected chi connectivity index (χ0v) is 29.2. The number of carboxylic acids is 1. The number of aliphatic hydroxyl groups excluding tert-OH is 2. The average Bonchev–Trinajstić information content (AvgIpc) is 2.95. The second kappa shape index (κ2) is 11.1. The van der Waals surface area contributed by atoms with Crippen molar-refractivity contribution in [3.05, 3.63) is 22.8 Å². The summed E-state index contributed by atoms with van der Waals surface area (Å²) in [6.07, 6.45) is 3.80. The maximum absolute atomic E-state index is 13.0. The quantitative estimate of drug-likeness (QED) is 0.169. The molecule has 0 spiro atoms. The number of carbonyl (C=O) groups is 1. The highest BCUT2D eigenvalue weighted by atomic mass is 32.3. The number of aliphatic hydroxyl groups is 2. The topological polar surface area (TPSA) is 160 Å². The molecule has 1 heterocycles. The van der Waals surface area contributed by atoms with Gasteiger partial charge in [0.05, 0.1) is 18.1 Å². The van der Waals surface area contributed by atoms with Crippen LogP contribution in [0.25, 0.3) is 0 Å². The number of hydrogen-bond donors (Lipinski definition) is 4. The largest absolute Gasteiger partial charge is 0.481 e. The van der Waals surface area contributed by atoms with Gasteiger partial charge in [-0.15, -0.1) is 0 Å². The molecule has 1 saturated heterocycles. The van der Waals surface area contributed by atoms with Crippen molar-refractivity contribution in [1.29, 1.82) is 0 Å². The molecule has 10 nitrogen and oxygen atoms in total. The summed E-state index contributed by atoms with van der Waals surface area (Å²) in [5.74, 6) is -0.0413. The SMILES string of the molecule is CC1=C(C)C2C3=CCC4C5(C)CCC(OC6OCC(O)C(O)C6OS(=O)(=O)O)C(C)(C)C5CCC4(C)C3(C)CCC2(C(=O)O)CC1. The van der Waals surface area contributed by atoms with Gasteiger partial charge < -0.3 is 24.8 Å². The molecule has 6 aliphatic rings. The van der Waals surface area contributed by atoms with E-state index in [9.17, 15) is 33.1 Å². The van der Waals surface area contributed by atoms with Crippen LogP contribution in [-0.2, 0) is 28.9 Å². The number of allylic oxidation sites excluding steroid dienone is 4. The first kappa shape index (κ1) is 34.5. The van der Waals surface area contributed by atoms with Crippen LogP contribution in [-0.4, -0.2) is 71.6 Å². The van der Waals surface area contributed by atoms with E-state index in [2.05, 4.69) is 54.5 Å². The zero-order valence-electron chi connectivity index (χ0n) is 28.4. The lowest BCUT2D eigenvalue weighted by molar-refractivity contribution is -0.303. The summed E-state index contributed by atoms with van der Waals surface area (Å²) in [6, 6.07) is 0. The molecule has 0 aromatic carbocycles. The van der Waals surface area contributed by atoms with Gasteiger partial charge >= 0.3 is 16.4 Å². The minimum absolute atomic E-state index is 0.0104. The molecule has 12 unspecified atom stereocenters. The lowest BCUT2D eigenvalue weighted by Crippen LogP contribution is -2.65. The summed E-state index contributed by atoms with van der Waals surface area (Å²) in [5, 5.41) is 31.3. The van der Waals surface area contributed by atoms with Gasteiger partial charge in [-0.05, 0) is 105 Å². The van der Waals surface area contributed by atoms with Crippen molar-refractivity contribution >= 4 is 16.4 Å². The molecule has 4 N–H and O–H groups in total. The number of carboxylic acid groups (broad SMARTS) is 1. The fraction of sp³-hybridized carbons (Fsp3) is 0.857. The van der Waals surface area contributed by atoms with Crippen molar-refractivity contribution in [3.8, 4) is 0 Å². The fourth-order valence-electron chi connectivity index (χ4n) is 11.9. The molecule has 11 heteroatoms. The molecule has 260 valence electrons. The molecular formula is C35H54O10S. The predicted octanol–water partition coefficient (Wildman–Crippen LogP) is 5.44.